The molecule has 0 heterocycles. The van der Waals surface area contributed by atoms with Gasteiger partial charge in [0.05, 0.1) is 10.4 Å². The Hall–Kier alpha value is -1.30. The molecule has 0 radical (unpaired) electrons. The number of halogens is 2. The number of benzene rings is 1. The van der Waals surface area contributed by atoms with Crippen molar-refractivity contribution in [2.45, 2.75) is 13.3 Å². The fraction of sp³-hybridized carbons (Fsp3) is 0.300. The van der Waals surface area contributed by atoms with E-state index >= 15 is 0 Å². The third-order valence-electron chi connectivity index (χ3n) is 2.20. The van der Waals surface area contributed by atoms with E-state index in [1.165, 1.54) is 6.92 Å². The number of hydrogen-bond donors (Lipinski definition) is 3. The second-order valence-electron chi connectivity index (χ2n) is 3.46. The zero-order valence-electron chi connectivity index (χ0n) is 8.37. The highest BCUT2D eigenvalue weighted by molar-refractivity contribution is 9.10. The SMILES string of the molecule is CC(Cc1c(O)c(O)cc(F)c1Br)C(=O)O. The van der Waals surface area contributed by atoms with Crippen LogP contribution in [0.4, 0.5) is 4.39 Å². The third kappa shape index (κ3) is 2.44. The van der Waals surface area contributed by atoms with Crippen molar-refractivity contribution in [1.82, 2.24) is 0 Å². The molecule has 0 aliphatic rings. The second-order valence-corrected chi connectivity index (χ2v) is 4.26. The number of aromatic hydroxyl groups is 2. The van der Waals surface area contributed by atoms with E-state index in [0.29, 0.717) is 0 Å². The molecule has 88 valence electrons. The minimum atomic E-state index is -1.06. The van der Waals surface area contributed by atoms with Crippen LogP contribution in [-0.4, -0.2) is 21.3 Å². The Morgan fingerprint density at radius 3 is 2.62 bits per heavy atom. The first-order valence-corrected chi connectivity index (χ1v) is 5.25. The van der Waals surface area contributed by atoms with E-state index in [1.807, 2.05) is 0 Å². The van der Waals surface area contributed by atoms with E-state index in [-0.39, 0.29) is 16.5 Å². The summed E-state index contributed by atoms with van der Waals surface area (Å²) >= 11 is 2.90. The van der Waals surface area contributed by atoms with Crippen molar-refractivity contribution >= 4 is 21.9 Å². The van der Waals surface area contributed by atoms with E-state index in [2.05, 4.69) is 15.9 Å². The van der Waals surface area contributed by atoms with Gasteiger partial charge in [-0.15, -0.1) is 0 Å². The largest absolute Gasteiger partial charge is 0.504 e. The molecular weight excluding hydrogens is 283 g/mol. The first-order valence-electron chi connectivity index (χ1n) is 4.46. The van der Waals surface area contributed by atoms with Crippen LogP contribution in [0.25, 0.3) is 0 Å². The molecule has 16 heavy (non-hydrogen) atoms. The summed E-state index contributed by atoms with van der Waals surface area (Å²) in [4.78, 5) is 10.6. The Balaban J connectivity index is 3.17. The van der Waals surface area contributed by atoms with Crippen molar-refractivity contribution in [2.75, 3.05) is 0 Å². The lowest BCUT2D eigenvalue weighted by molar-refractivity contribution is -0.141. The van der Waals surface area contributed by atoms with Crippen LogP contribution in [0, 0.1) is 11.7 Å². The molecule has 0 amide bonds. The fourth-order valence-corrected chi connectivity index (χ4v) is 1.70. The molecule has 1 rings (SSSR count). The van der Waals surface area contributed by atoms with Crippen molar-refractivity contribution < 1.29 is 24.5 Å². The molecule has 1 atom stereocenters. The van der Waals surface area contributed by atoms with Crippen LogP contribution in [0.1, 0.15) is 12.5 Å². The molecular formula is C10H10BrFO4. The van der Waals surface area contributed by atoms with Crippen LogP contribution in [0.2, 0.25) is 0 Å². The minimum absolute atomic E-state index is 0.0316. The van der Waals surface area contributed by atoms with Crippen LogP contribution in [0.5, 0.6) is 11.5 Å². The molecule has 1 aromatic rings. The van der Waals surface area contributed by atoms with E-state index in [9.17, 15) is 19.4 Å². The summed E-state index contributed by atoms with van der Waals surface area (Å²) in [6.07, 6.45) is -0.0763. The summed E-state index contributed by atoms with van der Waals surface area (Å²) in [5, 5.41) is 27.4. The molecule has 0 spiro atoms. The Labute approximate surface area is 99.5 Å². The number of phenols is 2. The molecule has 0 aliphatic carbocycles. The fourth-order valence-electron chi connectivity index (χ4n) is 1.23. The standard InChI is InChI=1S/C10H10BrFO4/c1-4(10(15)16)2-5-8(11)6(12)3-7(13)9(5)14/h3-4,13-14H,2H2,1H3,(H,15,16). The van der Waals surface area contributed by atoms with Gasteiger partial charge in [0.25, 0.3) is 0 Å². The van der Waals surface area contributed by atoms with E-state index in [0.717, 1.165) is 6.07 Å². The highest BCUT2D eigenvalue weighted by Gasteiger charge is 2.20. The van der Waals surface area contributed by atoms with Crippen molar-refractivity contribution in [2.24, 2.45) is 5.92 Å². The summed E-state index contributed by atoms with van der Waals surface area (Å²) in [6, 6.07) is 0.758. The zero-order chi connectivity index (χ0) is 12.5. The van der Waals surface area contributed by atoms with Crippen LogP contribution in [0.15, 0.2) is 10.5 Å². The number of carbonyl (C=O) groups is 1. The van der Waals surface area contributed by atoms with Gasteiger partial charge in [-0.05, 0) is 22.4 Å². The summed E-state index contributed by atoms with van der Waals surface area (Å²) in [7, 11) is 0. The Bertz CT molecular complexity index is 407. The normalized spacial score (nSPS) is 12.4. The topological polar surface area (TPSA) is 77.8 Å². The minimum Gasteiger partial charge on any atom is -0.504 e. The van der Waals surface area contributed by atoms with Gasteiger partial charge in [0.2, 0.25) is 0 Å². The predicted molar refractivity (Wildman–Crippen MR) is 57.9 cm³/mol. The summed E-state index contributed by atoms with van der Waals surface area (Å²) in [5.74, 6) is -3.70. The summed E-state index contributed by atoms with van der Waals surface area (Å²) in [6.45, 7) is 1.43. The molecule has 3 N–H and O–H groups in total. The molecule has 1 aromatic carbocycles. The Morgan fingerprint density at radius 2 is 2.12 bits per heavy atom. The van der Waals surface area contributed by atoms with Gasteiger partial charge >= 0.3 is 5.97 Å². The number of phenolic OH excluding ortho intramolecular Hbond substituents is 2. The lowest BCUT2D eigenvalue weighted by Crippen LogP contribution is -2.13. The zero-order valence-corrected chi connectivity index (χ0v) is 9.95. The molecule has 0 aliphatic heterocycles. The van der Waals surface area contributed by atoms with Crippen LogP contribution in [0.3, 0.4) is 0 Å². The number of hydrogen-bond acceptors (Lipinski definition) is 3. The maximum absolute atomic E-state index is 13.2. The lowest BCUT2D eigenvalue weighted by Gasteiger charge is -2.12. The van der Waals surface area contributed by atoms with E-state index in [4.69, 9.17) is 5.11 Å². The van der Waals surface area contributed by atoms with Gasteiger partial charge in [-0.1, -0.05) is 6.92 Å². The molecule has 1 unspecified atom stereocenters. The maximum Gasteiger partial charge on any atom is 0.306 e. The lowest BCUT2D eigenvalue weighted by atomic mass is 10.00. The number of carboxylic acid groups (broad SMARTS) is 1. The molecule has 6 heteroatoms. The van der Waals surface area contributed by atoms with Crippen molar-refractivity contribution in [1.29, 1.82) is 0 Å². The molecule has 4 nitrogen and oxygen atoms in total. The van der Waals surface area contributed by atoms with E-state index < -0.39 is 29.2 Å². The van der Waals surface area contributed by atoms with Gasteiger partial charge in [-0.3, -0.25) is 4.79 Å². The van der Waals surface area contributed by atoms with Gasteiger partial charge < -0.3 is 15.3 Å². The quantitative estimate of drug-likeness (QED) is 0.747. The van der Waals surface area contributed by atoms with Gasteiger partial charge in [0, 0.05) is 11.6 Å². The van der Waals surface area contributed by atoms with Crippen LogP contribution >= 0.6 is 15.9 Å². The van der Waals surface area contributed by atoms with Crippen LogP contribution < -0.4 is 0 Å². The molecule has 0 saturated carbocycles. The van der Waals surface area contributed by atoms with Gasteiger partial charge in [0.15, 0.2) is 11.5 Å². The highest BCUT2D eigenvalue weighted by Crippen LogP contribution is 2.37. The molecule has 0 aromatic heterocycles. The third-order valence-corrected chi connectivity index (χ3v) is 3.06. The first kappa shape index (κ1) is 12.8. The number of carboxylic acids is 1. The van der Waals surface area contributed by atoms with Gasteiger partial charge in [-0.25, -0.2) is 4.39 Å². The average molecular weight is 293 g/mol. The van der Waals surface area contributed by atoms with E-state index in [1.54, 1.807) is 0 Å². The Morgan fingerprint density at radius 1 is 1.56 bits per heavy atom. The summed E-state index contributed by atoms with van der Waals surface area (Å²) < 4.78 is 13.2. The highest BCUT2D eigenvalue weighted by atomic mass is 79.9. The van der Waals surface area contributed by atoms with Crippen LogP contribution in [-0.2, 0) is 11.2 Å². The van der Waals surface area contributed by atoms with Gasteiger partial charge in [-0.2, -0.15) is 0 Å². The van der Waals surface area contributed by atoms with Crippen molar-refractivity contribution in [3.8, 4) is 11.5 Å². The predicted octanol–water partition coefficient (Wildman–Crippen LogP) is 2.26. The summed E-state index contributed by atoms with van der Waals surface area (Å²) in [5.41, 5.74) is 0.0485. The molecule has 0 fully saturated rings. The molecule has 0 bridgehead atoms. The maximum atomic E-state index is 13.2. The second kappa shape index (κ2) is 4.69. The number of rotatable bonds is 3. The number of aliphatic carboxylic acids is 1. The molecule has 0 saturated heterocycles. The van der Waals surface area contributed by atoms with Gasteiger partial charge in [0.1, 0.15) is 5.82 Å². The smallest absolute Gasteiger partial charge is 0.306 e. The van der Waals surface area contributed by atoms with Crippen molar-refractivity contribution in [3.63, 3.8) is 0 Å². The average Bonchev–Trinajstić information content (AvgIpc) is 2.21. The monoisotopic (exact) mass is 292 g/mol. The first-order chi connectivity index (χ1) is 7.34. The Kier molecular flexibility index (Phi) is 3.74. The van der Waals surface area contributed by atoms with Crippen molar-refractivity contribution in [3.05, 3.63) is 21.9 Å².